The minimum Gasteiger partial charge on any atom is -0.417 e. The topological polar surface area (TPSA) is 72.0 Å². The van der Waals surface area contributed by atoms with Gasteiger partial charge in [0.15, 0.2) is 5.84 Å². The third-order valence-corrected chi connectivity index (χ3v) is 1.56. The highest BCUT2D eigenvalue weighted by atomic mass is 16.6. The average Bonchev–Trinajstić information content (AvgIpc) is 2.19. The number of amidine groups is 1. The van der Waals surface area contributed by atoms with Crippen molar-refractivity contribution in [3.63, 3.8) is 0 Å². The van der Waals surface area contributed by atoms with Crippen molar-refractivity contribution in [1.82, 2.24) is 5.48 Å². The molecule has 0 radical (unpaired) electrons. The number of aliphatic imine (C=N–C) groups is 2. The minimum absolute atomic E-state index is 0.525. The van der Waals surface area contributed by atoms with Crippen molar-refractivity contribution in [3.8, 4) is 0 Å². The van der Waals surface area contributed by atoms with Crippen LogP contribution in [0.25, 0.3) is 0 Å². The number of nitrogens with zero attached hydrogens (tertiary/aromatic N) is 2. The molecule has 0 heterocycles. The van der Waals surface area contributed by atoms with Gasteiger partial charge in [-0.25, -0.2) is 4.99 Å². The fraction of sp³-hybridized carbons (Fsp3) is 0.333. The zero-order chi connectivity index (χ0) is 11.0. The van der Waals surface area contributed by atoms with E-state index in [-0.39, 0.29) is 0 Å². The predicted molar refractivity (Wildman–Crippen MR) is 59.1 cm³/mol. The van der Waals surface area contributed by atoms with Crippen molar-refractivity contribution in [2.45, 2.75) is 6.92 Å². The summed E-state index contributed by atoms with van der Waals surface area (Å²) in [6, 6.07) is 0. The molecule has 78 valence electrons. The maximum Gasteiger partial charge on any atom is 0.151 e. The second kappa shape index (κ2) is 6.85. The number of nitrogens with two attached hydrogens (primary N) is 1. The highest BCUT2D eigenvalue weighted by Crippen LogP contribution is 2.03. The highest BCUT2D eigenvalue weighted by Gasteiger charge is 2.00. The van der Waals surface area contributed by atoms with Crippen molar-refractivity contribution in [1.29, 1.82) is 0 Å². The number of rotatable bonds is 4. The Labute approximate surface area is 84.0 Å². The van der Waals surface area contributed by atoms with E-state index in [0.717, 1.165) is 5.57 Å². The van der Waals surface area contributed by atoms with Gasteiger partial charge in [-0.2, -0.15) is 5.48 Å². The lowest BCUT2D eigenvalue weighted by atomic mass is 10.2. The van der Waals surface area contributed by atoms with Crippen LogP contribution in [-0.2, 0) is 4.84 Å². The molecule has 5 nitrogen and oxygen atoms in total. The van der Waals surface area contributed by atoms with E-state index >= 15 is 0 Å². The van der Waals surface area contributed by atoms with E-state index < -0.39 is 0 Å². The molecule has 0 unspecified atom stereocenters. The lowest BCUT2D eigenvalue weighted by molar-refractivity contribution is 0.158. The van der Waals surface area contributed by atoms with E-state index in [1.54, 1.807) is 20.2 Å². The second-order valence-corrected chi connectivity index (χ2v) is 2.41. The molecule has 0 aliphatic heterocycles. The van der Waals surface area contributed by atoms with Gasteiger partial charge >= 0.3 is 0 Å². The van der Waals surface area contributed by atoms with E-state index in [2.05, 4.69) is 22.2 Å². The molecule has 0 aromatic carbocycles. The molecular weight excluding hydrogens is 180 g/mol. The summed E-state index contributed by atoms with van der Waals surface area (Å²) >= 11 is 0. The summed E-state index contributed by atoms with van der Waals surface area (Å²) in [4.78, 5) is 12.4. The summed E-state index contributed by atoms with van der Waals surface area (Å²) in [6.45, 7) is 5.21. The van der Waals surface area contributed by atoms with Crippen LogP contribution in [0.3, 0.4) is 0 Å². The van der Waals surface area contributed by atoms with Gasteiger partial charge in [-0.05, 0) is 19.7 Å². The van der Waals surface area contributed by atoms with Gasteiger partial charge in [-0.3, -0.25) is 4.99 Å². The van der Waals surface area contributed by atoms with Crippen LogP contribution in [0, 0.1) is 0 Å². The molecule has 0 aliphatic carbocycles. The Kier molecular flexibility index (Phi) is 6.06. The number of hydrogen-bond donors (Lipinski definition) is 2. The van der Waals surface area contributed by atoms with Gasteiger partial charge in [0.1, 0.15) is 6.26 Å². The first-order chi connectivity index (χ1) is 6.67. The smallest absolute Gasteiger partial charge is 0.151 e. The Bertz CT molecular complexity index is 279. The molecular formula is C9H16N4O. The Morgan fingerprint density at radius 1 is 1.57 bits per heavy atom. The van der Waals surface area contributed by atoms with Gasteiger partial charge in [0.25, 0.3) is 0 Å². The molecule has 3 N–H and O–H groups in total. The molecule has 0 aromatic heterocycles. The van der Waals surface area contributed by atoms with Crippen molar-refractivity contribution in [3.05, 3.63) is 23.6 Å². The first-order valence-electron chi connectivity index (χ1n) is 4.06. The van der Waals surface area contributed by atoms with Crippen molar-refractivity contribution in [2.24, 2.45) is 15.7 Å². The largest absolute Gasteiger partial charge is 0.417 e. The standard InChI is InChI=1S/C9H16N4O/c1-7(9(11-2)12-3)8(10)5-6-14-13-4/h5-6,13H,2,10H2,1,3-4H3/b6-5+,8-7?,12-9?. The van der Waals surface area contributed by atoms with Gasteiger partial charge < -0.3 is 10.6 Å². The molecule has 0 spiro atoms. The zero-order valence-corrected chi connectivity index (χ0v) is 8.74. The molecule has 0 aromatic rings. The van der Waals surface area contributed by atoms with E-state index in [4.69, 9.17) is 10.6 Å². The highest BCUT2D eigenvalue weighted by molar-refractivity contribution is 6.01. The van der Waals surface area contributed by atoms with E-state index in [1.165, 1.54) is 6.26 Å². The first kappa shape index (κ1) is 12.4. The molecule has 0 fully saturated rings. The summed E-state index contributed by atoms with van der Waals surface area (Å²) in [5.41, 5.74) is 9.51. The summed E-state index contributed by atoms with van der Waals surface area (Å²) < 4.78 is 0. The van der Waals surface area contributed by atoms with E-state index in [0.29, 0.717) is 11.5 Å². The van der Waals surface area contributed by atoms with Crippen LogP contribution < -0.4 is 11.2 Å². The Balaban J connectivity index is 4.65. The Morgan fingerprint density at radius 2 is 2.21 bits per heavy atom. The van der Waals surface area contributed by atoms with Crippen molar-refractivity contribution in [2.75, 3.05) is 14.1 Å². The van der Waals surface area contributed by atoms with Crippen LogP contribution in [-0.4, -0.2) is 26.6 Å². The van der Waals surface area contributed by atoms with Crippen LogP contribution in [0.15, 0.2) is 33.6 Å². The Morgan fingerprint density at radius 3 is 2.64 bits per heavy atom. The number of hydroxylamine groups is 1. The molecule has 14 heavy (non-hydrogen) atoms. The third-order valence-electron chi connectivity index (χ3n) is 1.56. The van der Waals surface area contributed by atoms with E-state index in [1.807, 2.05) is 6.92 Å². The Hall–Kier alpha value is -1.62. The zero-order valence-electron chi connectivity index (χ0n) is 8.74. The third kappa shape index (κ3) is 3.86. The maximum atomic E-state index is 5.73. The van der Waals surface area contributed by atoms with Crippen LogP contribution in [0.4, 0.5) is 0 Å². The van der Waals surface area contributed by atoms with Crippen molar-refractivity contribution >= 4 is 12.6 Å². The fourth-order valence-corrected chi connectivity index (χ4v) is 0.786. The first-order valence-corrected chi connectivity index (χ1v) is 4.06. The number of nitrogens with one attached hydrogen (secondary N) is 1. The molecule has 0 rings (SSSR count). The van der Waals surface area contributed by atoms with Gasteiger partial charge in [0, 0.05) is 25.4 Å². The number of allylic oxidation sites excluding steroid dienone is 1. The monoisotopic (exact) mass is 196 g/mol. The summed E-state index contributed by atoms with van der Waals surface area (Å²) in [7, 11) is 3.29. The van der Waals surface area contributed by atoms with Gasteiger partial charge in [-0.1, -0.05) is 0 Å². The van der Waals surface area contributed by atoms with Crippen LogP contribution in [0.2, 0.25) is 0 Å². The quantitative estimate of drug-likeness (QED) is 0.227. The van der Waals surface area contributed by atoms with Gasteiger partial charge in [-0.15, -0.1) is 0 Å². The molecule has 0 bridgehead atoms. The lowest BCUT2D eigenvalue weighted by Crippen LogP contribution is -2.06. The van der Waals surface area contributed by atoms with Crippen molar-refractivity contribution < 1.29 is 4.84 Å². The minimum atomic E-state index is 0.525. The van der Waals surface area contributed by atoms with Crippen LogP contribution >= 0.6 is 0 Å². The SMILES string of the molecule is C=NC(=NC)C(C)=C(N)/C=C/ONC. The van der Waals surface area contributed by atoms with Gasteiger partial charge in [0.2, 0.25) is 0 Å². The summed E-state index contributed by atoms with van der Waals surface area (Å²) in [5, 5.41) is 0. The molecule has 0 saturated heterocycles. The predicted octanol–water partition coefficient (Wildman–Crippen LogP) is 0.613. The normalized spacial score (nSPS) is 14.1. The lowest BCUT2D eigenvalue weighted by Gasteiger charge is -2.02. The van der Waals surface area contributed by atoms with Gasteiger partial charge in [0.05, 0.1) is 0 Å². The summed E-state index contributed by atoms with van der Waals surface area (Å²) in [5.74, 6) is 0.525. The molecule has 0 atom stereocenters. The maximum absolute atomic E-state index is 5.73. The van der Waals surface area contributed by atoms with E-state index in [9.17, 15) is 0 Å². The summed E-state index contributed by atoms with van der Waals surface area (Å²) in [6.07, 6.45) is 3.05. The molecule has 0 saturated carbocycles. The average molecular weight is 196 g/mol. The molecule has 0 aliphatic rings. The fourth-order valence-electron chi connectivity index (χ4n) is 0.786. The molecule has 5 heteroatoms. The molecule has 0 amide bonds. The number of hydrogen-bond acceptors (Lipinski definition) is 4. The van der Waals surface area contributed by atoms with Crippen LogP contribution in [0.1, 0.15) is 6.92 Å². The second-order valence-electron chi connectivity index (χ2n) is 2.41. The van der Waals surface area contributed by atoms with Crippen LogP contribution in [0.5, 0.6) is 0 Å².